The fraction of sp³-hybridized carbons (Fsp3) is 0.143. The van der Waals surface area contributed by atoms with Gasteiger partial charge in [0.2, 0.25) is 0 Å². The maximum atomic E-state index is 12.2. The SMILES string of the molecule is O=C(NCCc1ncn[nH]1)c1ccnc2ccccc12. The summed E-state index contributed by atoms with van der Waals surface area (Å²) in [5, 5.41) is 10.2. The number of pyridine rings is 1. The standard InChI is InChI=1S/C14H13N5O/c20-14(16-8-6-13-17-9-18-19-13)11-5-7-15-12-4-2-1-3-10(11)12/h1-5,7,9H,6,8H2,(H,16,20)(H,17,18,19). The van der Waals surface area contributed by atoms with Crippen molar-refractivity contribution < 1.29 is 4.79 Å². The van der Waals surface area contributed by atoms with Crippen molar-refractivity contribution in [1.29, 1.82) is 0 Å². The zero-order valence-corrected chi connectivity index (χ0v) is 10.7. The smallest absolute Gasteiger partial charge is 0.252 e. The number of amides is 1. The lowest BCUT2D eigenvalue weighted by Gasteiger charge is -2.06. The van der Waals surface area contributed by atoms with E-state index in [0.717, 1.165) is 16.7 Å². The van der Waals surface area contributed by atoms with Crippen molar-refractivity contribution in [1.82, 2.24) is 25.5 Å². The largest absolute Gasteiger partial charge is 0.352 e. The van der Waals surface area contributed by atoms with E-state index in [4.69, 9.17) is 0 Å². The molecule has 0 radical (unpaired) electrons. The highest BCUT2D eigenvalue weighted by molar-refractivity contribution is 6.05. The monoisotopic (exact) mass is 267 g/mol. The van der Waals surface area contributed by atoms with Crippen LogP contribution in [0.3, 0.4) is 0 Å². The van der Waals surface area contributed by atoms with Crippen LogP contribution in [0.5, 0.6) is 0 Å². The summed E-state index contributed by atoms with van der Waals surface area (Å²) in [7, 11) is 0. The average molecular weight is 267 g/mol. The number of aromatic nitrogens is 4. The summed E-state index contributed by atoms with van der Waals surface area (Å²) in [6.07, 6.45) is 3.72. The molecular formula is C14H13N5O. The molecule has 100 valence electrons. The Balaban J connectivity index is 1.72. The maximum Gasteiger partial charge on any atom is 0.252 e. The van der Waals surface area contributed by atoms with Gasteiger partial charge in [-0.05, 0) is 12.1 Å². The van der Waals surface area contributed by atoms with Crippen molar-refractivity contribution in [2.24, 2.45) is 0 Å². The van der Waals surface area contributed by atoms with E-state index in [1.807, 2.05) is 24.3 Å². The first-order chi connectivity index (χ1) is 9.84. The first-order valence-electron chi connectivity index (χ1n) is 6.31. The van der Waals surface area contributed by atoms with Crippen LogP contribution >= 0.6 is 0 Å². The van der Waals surface area contributed by atoms with Crippen molar-refractivity contribution in [2.45, 2.75) is 6.42 Å². The Morgan fingerprint density at radius 3 is 2.95 bits per heavy atom. The number of fused-ring (bicyclic) bond motifs is 1. The third kappa shape index (κ3) is 2.49. The van der Waals surface area contributed by atoms with Crippen LogP contribution in [0, 0.1) is 0 Å². The number of H-pyrrole nitrogens is 1. The molecule has 0 fully saturated rings. The summed E-state index contributed by atoms with van der Waals surface area (Å²) in [6.45, 7) is 0.505. The molecule has 2 heterocycles. The van der Waals surface area contributed by atoms with E-state index in [1.54, 1.807) is 12.3 Å². The van der Waals surface area contributed by atoms with Crippen LogP contribution < -0.4 is 5.32 Å². The molecule has 6 nitrogen and oxygen atoms in total. The molecule has 2 N–H and O–H groups in total. The van der Waals surface area contributed by atoms with Crippen LogP contribution in [-0.2, 0) is 6.42 Å². The molecule has 0 bridgehead atoms. The molecule has 0 saturated heterocycles. The van der Waals surface area contributed by atoms with Crippen LogP contribution in [0.2, 0.25) is 0 Å². The molecule has 0 unspecified atom stereocenters. The maximum absolute atomic E-state index is 12.2. The van der Waals surface area contributed by atoms with Crippen molar-refractivity contribution in [3.63, 3.8) is 0 Å². The second-order valence-corrected chi connectivity index (χ2v) is 4.31. The molecule has 0 aliphatic heterocycles. The Bertz CT molecular complexity index is 718. The summed E-state index contributed by atoms with van der Waals surface area (Å²) in [6, 6.07) is 9.32. The van der Waals surface area contributed by atoms with Gasteiger partial charge in [-0.15, -0.1) is 0 Å². The van der Waals surface area contributed by atoms with Crippen LogP contribution in [0.4, 0.5) is 0 Å². The lowest BCUT2D eigenvalue weighted by atomic mass is 10.1. The summed E-state index contributed by atoms with van der Waals surface area (Å²) in [4.78, 5) is 20.5. The van der Waals surface area contributed by atoms with Crippen LogP contribution in [0.15, 0.2) is 42.9 Å². The minimum atomic E-state index is -0.108. The van der Waals surface area contributed by atoms with Gasteiger partial charge in [0.15, 0.2) is 0 Å². The van der Waals surface area contributed by atoms with Crippen LogP contribution in [0.25, 0.3) is 10.9 Å². The predicted octanol–water partition coefficient (Wildman–Crippen LogP) is 1.33. The van der Waals surface area contributed by atoms with Gasteiger partial charge in [-0.25, -0.2) is 4.98 Å². The topological polar surface area (TPSA) is 83.6 Å². The molecule has 1 amide bonds. The minimum absolute atomic E-state index is 0.108. The molecule has 6 heteroatoms. The van der Waals surface area contributed by atoms with Crippen molar-refractivity contribution >= 4 is 16.8 Å². The van der Waals surface area contributed by atoms with E-state index in [-0.39, 0.29) is 5.91 Å². The van der Waals surface area contributed by atoms with Crippen molar-refractivity contribution in [3.05, 3.63) is 54.2 Å². The normalized spacial score (nSPS) is 10.6. The molecule has 0 aliphatic carbocycles. The van der Waals surface area contributed by atoms with E-state index < -0.39 is 0 Å². The fourth-order valence-electron chi connectivity index (χ4n) is 2.03. The molecule has 3 aromatic rings. The summed E-state index contributed by atoms with van der Waals surface area (Å²) >= 11 is 0. The Morgan fingerprint density at radius 2 is 2.10 bits per heavy atom. The highest BCUT2D eigenvalue weighted by Crippen LogP contribution is 2.15. The lowest BCUT2D eigenvalue weighted by molar-refractivity contribution is 0.0955. The highest BCUT2D eigenvalue weighted by Gasteiger charge is 2.09. The minimum Gasteiger partial charge on any atom is -0.352 e. The molecule has 0 saturated carbocycles. The molecule has 0 atom stereocenters. The van der Waals surface area contributed by atoms with Crippen molar-refractivity contribution in [2.75, 3.05) is 6.54 Å². The number of nitrogens with one attached hydrogen (secondary N) is 2. The third-order valence-corrected chi connectivity index (χ3v) is 3.01. The Hall–Kier alpha value is -2.76. The molecule has 0 spiro atoms. The molecule has 2 aromatic heterocycles. The quantitative estimate of drug-likeness (QED) is 0.747. The predicted molar refractivity (Wildman–Crippen MR) is 74.2 cm³/mol. The van der Waals surface area contributed by atoms with Gasteiger partial charge in [-0.3, -0.25) is 14.9 Å². The van der Waals surface area contributed by atoms with Gasteiger partial charge in [-0.2, -0.15) is 5.10 Å². The zero-order chi connectivity index (χ0) is 13.8. The van der Waals surface area contributed by atoms with Crippen LogP contribution in [-0.4, -0.2) is 32.6 Å². The second-order valence-electron chi connectivity index (χ2n) is 4.31. The summed E-state index contributed by atoms with van der Waals surface area (Å²) in [5.74, 6) is 0.646. The number of hydrogen-bond acceptors (Lipinski definition) is 4. The van der Waals surface area contributed by atoms with Crippen LogP contribution in [0.1, 0.15) is 16.2 Å². The summed E-state index contributed by atoms with van der Waals surface area (Å²) in [5.41, 5.74) is 1.45. The summed E-state index contributed by atoms with van der Waals surface area (Å²) < 4.78 is 0. The molecule has 0 aliphatic rings. The molecule has 1 aromatic carbocycles. The molecule has 20 heavy (non-hydrogen) atoms. The van der Waals surface area contributed by atoms with E-state index in [1.165, 1.54) is 6.33 Å². The number of carbonyl (C=O) groups is 1. The molecule has 3 rings (SSSR count). The number of carbonyl (C=O) groups excluding carboxylic acids is 1. The first kappa shape index (κ1) is 12.3. The average Bonchev–Trinajstić information content (AvgIpc) is 3.00. The van der Waals surface area contributed by atoms with E-state index in [2.05, 4.69) is 25.5 Å². The number of rotatable bonds is 4. The number of para-hydroxylation sites is 1. The number of hydrogen-bond donors (Lipinski definition) is 2. The van der Waals surface area contributed by atoms with E-state index in [9.17, 15) is 4.79 Å². The second kappa shape index (κ2) is 5.48. The lowest BCUT2D eigenvalue weighted by Crippen LogP contribution is -2.26. The Morgan fingerprint density at radius 1 is 1.20 bits per heavy atom. The van der Waals surface area contributed by atoms with Gasteiger partial charge in [0.1, 0.15) is 12.2 Å². The van der Waals surface area contributed by atoms with Gasteiger partial charge in [0.05, 0.1) is 11.1 Å². The van der Waals surface area contributed by atoms with Gasteiger partial charge in [0, 0.05) is 24.5 Å². The fourth-order valence-corrected chi connectivity index (χ4v) is 2.03. The number of aromatic amines is 1. The van der Waals surface area contributed by atoms with Gasteiger partial charge < -0.3 is 5.32 Å². The highest BCUT2D eigenvalue weighted by atomic mass is 16.1. The van der Waals surface area contributed by atoms with E-state index in [0.29, 0.717) is 18.5 Å². The van der Waals surface area contributed by atoms with Gasteiger partial charge in [0.25, 0.3) is 5.91 Å². The Labute approximate surface area is 115 Å². The Kier molecular flexibility index (Phi) is 3.36. The zero-order valence-electron chi connectivity index (χ0n) is 10.7. The van der Waals surface area contributed by atoms with E-state index >= 15 is 0 Å². The van der Waals surface area contributed by atoms with Crippen molar-refractivity contribution in [3.8, 4) is 0 Å². The molecular weight excluding hydrogens is 254 g/mol. The third-order valence-electron chi connectivity index (χ3n) is 3.01. The van der Waals surface area contributed by atoms with Gasteiger partial charge >= 0.3 is 0 Å². The number of nitrogens with zero attached hydrogens (tertiary/aromatic N) is 3. The van der Waals surface area contributed by atoms with Gasteiger partial charge in [-0.1, -0.05) is 18.2 Å². The first-order valence-corrected chi connectivity index (χ1v) is 6.31. The number of benzene rings is 1.